The topological polar surface area (TPSA) is 32.3 Å². The number of aromatic hydroxyl groups is 1. The summed E-state index contributed by atoms with van der Waals surface area (Å²) in [6, 6.07) is 17.0. The number of hydrogen-bond acceptors (Lipinski definition) is 3. The molecule has 0 spiro atoms. The van der Waals surface area contributed by atoms with E-state index < -0.39 is 0 Å². The maximum Gasteiger partial charge on any atom is 0.115 e. The molecule has 20 heavy (non-hydrogen) atoms. The third kappa shape index (κ3) is 4.02. The van der Waals surface area contributed by atoms with Crippen molar-refractivity contribution in [2.75, 3.05) is 0 Å². The number of benzene rings is 2. The summed E-state index contributed by atoms with van der Waals surface area (Å²) in [7, 11) is 0. The van der Waals surface area contributed by atoms with E-state index in [2.05, 4.69) is 29.6 Å². The molecule has 0 saturated heterocycles. The SMILES string of the molecule is Oc1ccc(CSc2ccc(CNC3CC3)cc2)cc1. The van der Waals surface area contributed by atoms with Crippen LogP contribution in [0.1, 0.15) is 24.0 Å². The van der Waals surface area contributed by atoms with Gasteiger partial charge in [-0.3, -0.25) is 0 Å². The van der Waals surface area contributed by atoms with Crippen molar-refractivity contribution in [1.82, 2.24) is 5.32 Å². The van der Waals surface area contributed by atoms with E-state index in [-0.39, 0.29) is 0 Å². The number of phenols is 1. The molecule has 2 N–H and O–H groups in total. The van der Waals surface area contributed by atoms with Gasteiger partial charge in [-0.05, 0) is 48.2 Å². The van der Waals surface area contributed by atoms with Crippen LogP contribution in [0.25, 0.3) is 0 Å². The first-order valence-corrected chi connectivity index (χ1v) is 8.01. The van der Waals surface area contributed by atoms with E-state index >= 15 is 0 Å². The van der Waals surface area contributed by atoms with Crippen LogP contribution in [-0.4, -0.2) is 11.1 Å². The minimum atomic E-state index is 0.325. The standard InChI is InChI=1S/C17H19NOS/c19-16-7-1-14(2-8-16)12-20-17-9-3-13(4-10-17)11-18-15-5-6-15/h1-4,7-10,15,18-19H,5-6,11-12H2. The average Bonchev–Trinajstić information content (AvgIpc) is 3.30. The maximum absolute atomic E-state index is 9.25. The summed E-state index contributed by atoms with van der Waals surface area (Å²) in [5.41, 5.74) is 2.58. The van der Waals surface area contributed by atoms with Gasteiger partial charge in [-0.15, -0.1) is 11.8 Å². The van der Waals surface area contributed by atoms with E-state index in [0.29, 0.717) is 5.75 Å². The number of nitrogens with one attached hydrogen (secondary N) is 1. The molecule has 1 saturated carbocycles. The molecular weight excluding hydrogens is 266 g/mol. The summed E-state index contributed by atoms with van der Waals surface area (Å²) in [5.74, 6) is 1.26. The fourth-order valence-corrected chi connectivity index (χ4v) is 2.87. The fourth-order valence-electron chi connectivity index (χ4n) is 2.01. The lowest BCUT2D eigenvalue weighted by Crippen LogP contribution is -2.14. The lowest BCUT2D eigenvalue weighted by atomic mass is 10.2. The van der Waals surface area contributed by atoms with Crippen molar-refractivity contribution in [3.63, 3.8) is 0 Å². The Morgan fingerprint density at radius 3 is 2.25 bits per heavy atom. The Hall–Kier alpha value is -1.45. The summed E-state index contributed by atoms with van der Waals surface area (Å²) in [5, 5.41) is 12.8. The van der Waals surface area contributed by atoms with Gasteiger partial charge < -0.3 is 10.4 Å². The van der Waals surface area contributed by atoms with Crippen molar-refractivity contribution < 1.29 is 5.11 Å². The predicted octanol–water partition coefficient (Wildman–Crippen LogP) is 3.94. The highest BCUT2D eigenvalue weighted by molar-refractivity contribution is 7.98. The van der Waals surface area contributed by atoms with E-state index in [0.717, 1.165) is 18.3 Å². The first-order chi connectivity index (χ1) is 9.79. The molecule has 1 fully saturated rings. The van der Waals surface area contributed by atoms with Crippen molar-refractivity contribution in [2.45, 2.75) is 36.1 Å². The molecule has 0 unspecified atom stereocenters. The highest BCUT2D eigenvalue weighted by Gasteiger charge is 2.19. The summed E-state index contributed by atoms with van der Waals surface area (Å²) < 4.78 is 0. The van der Waals surface area contributed by atoms with Crippen molar-refractivity contribution >= 4 is 11.8 Å². The van der Waals surface area contributed by atoms with Gasteiger partial charge in [0, 0.05) is 23.2 Å². The third-order valence-electron chi connectivity index (χ3n) is 3.44. The van der Waals surface area contributed by atoms with Gasteiger partial charge in [-0.25, -0.2) is 0 Å². The van der Waals surface area contributed by atoms with Crippen molar-refractivity contribution in [3.05, 3.63) is 59.7 Å². The van der Waals surface area contributed by atoms with Crippen LogP contribution in [-0.2, 0) is 12.3 Å². The van der Waals surface area contributed by atoms with Crippen LogP contribution in [0.5, 0.6) is 5.75 Å². The predicted molar refractivity (Wildman–Crippen MR) is 84.0 cm³/mol. The van der Waals surface area contributed by atoms with Gasteiger partial charge in [0.2, 0.25) is 0 Å². The van der Waals surface area contributed by atoms with Crippen LogP contribution in [0.15, 0.2) is 53.4 Å². The minimum Gasteiger partial charge on any atom is -0.508 e. The summed E-state index contributed by atoms with van der Waals surface area (Å²) in [6.45, 7) is 0.980. The molecule has 0 heterocycles. The summed E-state index contributed by atoms with van der Waals surface area (Å²) in [4.78, 5) is 1.29. The highest BCUT2D eigenvalue weighted by atomic mass is 32.2. The number of thioether (sulfide) groups is 1. The molecule has 2 aromatic rings. The zero-order valence-corrected chi connectivity index (χ0v) is 12.2. The van der Waals surface area contributed by atoms with Gasteiger partial charge in [0.15, 0.2) is 0 Å². The molecule has 0 bridgehead atoms. The molecule has 2 aromatic carbocycles. The molecule has 1 aliphatic carbocycles. The summed E-state index contributed by atoms with van der Waals surface area (Å²) in [6.07, 6.45) is 2.67. The maximum atomic E-state index is 9.25. The Balaban J connectivity index is 1.50. The van der Waals surface area contributed by atoms with Gasteiger partial charge >= 0.3 is 0 Å². The Morgan fingerprint density at radius 1 is 0.950 bits per heavy atom. The van der Waals surface area contributed by atoms with Gasteiger partial charge in [0.05, 0.1) is 0 Å². The van der Waals surface area contributed by atoms with E-state index in [4.69, 9.17) is 0 Å². The molecule has 104 valence electrons. The zero-order valence-electron chi connectivity index (χ0n) is 11.4. The van der Waals surface area contributed by atoms with E-state index in [1.807, 2.05) is 23.9 Å². The molecule has 0 aromatic heterocycles. The van der Waals surface area contributed by atoms with Crippen molar-refractivity contribution in [3.8, 4) is 5.75 Å². The smallest absolute Gasteiger partial charge is 0.115 e. The second kappa shape index (κ2) is 6.33. The van der Waals surface area contributed by atoms with Gasteiger partial charge in [-0.2, -0.15) is 0 Å². The summed E-state index contributed by atoms with van der Waals surface area (Å²) >= 11 is 1.82. The number of rotatable bonds is 6. The Morgan fingerprint density at radius 2 is 1.60 bits per heavy atom. The second-order valence-electron chi connectivity index (χ2n) is 5.25. The lowest BCUT2D eigenvalue weighted by molar-refractivity contribution is 0.475. The molecule has 1 aliphatic rings. The van der Waals surface area contributed by atoms with Gasteiger partial charge in [-0.1, -0.05) is 24.3 Å². The Kier molecular flexibility index (Phi) is 4.28. The molecule has 0 radical (unpaired) electrons. The molecular formula is C17H19NOS. The largest absolute Gasteiger partial charge is 0.508 e. The molecule has 2 nitrogen and oxygen atoms in total. The third-order valence-corrected chi connectivity index (χ3v) is 4.52. The van der Waals surface area contributed by atoms with Gasteiger partial charge in [0.1, 0.15) is 5.75 Å². The molecule has 3 heteroatoms. The van der Waals surface area contributed by atoms with Crippen LogP contribution in [0.3, 0.4) is 0 Å². The normalized spacial score (nSPS) is 14.4. The average molecular weight is 285 g/mol. The number of hydrogen-bond donors (Lipinski definition) is 2. The molecule has 3 rings (SSSR count). The molecule has 0 amide bonds. The second-order valence-corrected chi connectivity index (χ2v) is 6.30. The lowest BCUT2D eigenvalue weighted by Gasteiger charge is -2.05. The van der Waals surface area contributed by atoms with Crippen LogP contribution < -0.4 is 5.32 Å². The van der Waals surface area contributed by atoms with E-state index in [1.54, 1.807) is 12.1 Å². The Bertz CT molecular complexity index is 546. The zero-order chi connectivity index (χ0) is 13.8. The fraction of sp³-hybridized carbons (Fsp3) is 0.294. The van der Waals surface area contributed by atoms with Crippen LogP contribution in [0, 0.1) is 0 Å². The minimum absolute atomic E-state index is 0.325. The van der Waals surface area contributed by atoms with E-state index in [9.17, 15) is 5.11 Å². The number of phenolic OH excluding ortho intramolecular Hbond substituents is 1. The first-order valence-electron chi connectivity index (χ1n) is 7.02. The molecule has 0 aliphatic heterocycles. The highest BCUT2D eigenvalue weighted by Crippen LogP contribution is 2.24. The van der Waals surface area contributed by atoms with Crippen LogP contribution in [0.4, 0.5) is 0 Å². The monoisotopic (exact) mass is 285 g/mol. The Labute approximate surface area is 124 Å². The van der Waals surface area contributed by atoms with Gasteiger partial charge in [0.25, 0.3) is 0 Å². The van der Waals surface area contributed by atoms with E-state index in [1.165, 1.54) is 28.9 Å². The van der Waals surface area contributed by atoms with Crippen LogP contribution in [0.2, 0.25) is 0 Å². The van der Waals surface area contributed by atoms with Crippen LogP contribution >= 0.6 is 11.8 Å². The quantitative estimate of drug-likeness (QED) is 0.789. The molecule has 0 atom stereocenters. The first kappa shape index (κ1) is 13.5. The van der Waals surface area contributed by atoms with Crippen molar-refractivity contribution in [2.24, 2.45) is 0 Å². The van der Waals surface area contributed by atoms with Crippen molar-refractivity contribution in [1.29, 1.82) is 0 Å².